The zero-order valence-electron chi connectivity index (χ0n) is 12.6. The molecule has 0 spiro atoms. The van der Waals surface area contributed by atoms with Gasteiger partial charge in [0.15, 0.2) is 0 Å². The van der Waals surface area contributed by atoms with Crippen molar-refractivity contribution in [1.29, 1.82) is 0 Å². The van der Waals surface area contributed by atoms with Crippen molar-refractivity contribution in [3.63, 3.8) is 0 Å². The van der Waals surface area contributed by atoms with E-state index in [4.69, 9.17) is 4.74 Å². The molecule has 0 bridgehead atoms. The summed E-state index contributed by atoms with van der Waals surface area (Å²) < 4.78 is 5.83. The number of rotatable bonds is 5. The first-order valence-corrected chi connectivity index (χ1v) is 8.59. The fraction of sp³-hybridized carbons (Fsp3) is 0.625. The van der Waals surface area contributed by atoms with E-state index in [-0.39, 0.29) is 6.04 Å². The van der Waals surface area contributed by atoms with Crippen molar-refractivity contribution >= 4 is 11.8 Å². The predicted octanol–water partition coefficient (Wildman–Crippen LogP) is 2.91. The molecule has 1 aromatic carbocycles. The average Bonchev–Trinajstić information content (AvgIpc) is 2.58. The number of aryl methyl sites for hydroxylation is 1. The third-order valence-corrected chi connectivity index (χ3v) is 4.53. The third kappa shape index (κ3) is 4.14. The summed E-state index contributed by atoms with van der Waals surface area (Å²) >= 11 is 1.67. The highest BCUT2D eigenvalue weighted by Gasteiger charge is 2.24. The van der Waals surface area contributed by atoms with Gasteiger partial charge in [-0.05, 0) is 44.6 Å². The number of ether oxygens (including phenoxy) is 1. The first-order chi connectivity index (χ1) is 9.52. The highest BCUT2D eigenvalue weighted by molar-refractivity contribution is 7.98. The topological polar surface area (TPSA) is 41.5 Å². The minimum absolute atomic E-state index is 0.265. The van der Waals surface area contributed by atoms with Gasteiger partial charge in [-0.2, -0.15) is 11.8 Å². The summed E-state index contributed by atoms with van der Waals surface area (Å²) in [4.78, 5) is 0. The number of aliphatic hydroxyl groups is 1. The highest BCUT2D eigenvalue weighted by Crippen LogP contribution is 2.32. The van der Waals surface area contributed by atoms with Crippen molar-refractivity contribution in [2.75, 3.05) is 25.2 Å². The zero-order valence-corrected chi connectivity index (χ0v) is 13.4. The van der Waals surface area contributed by atoms with E-state index in [9.17, 15) is 5.11 Å². The molecule has 1 aromatic rings. The monoisotopic (exact) mass is 295 g/mol. The SMILES string of the molecule is CSCC(C)(O)CNC1CCCOc2cc(C)ccc21. The van der Waals surface area contributed by atoms with Gasteiger partial charge in [0.2, 0.25) is 0 Å². The van der Waals surface area contributed by atoms with Crippen molar-refractivity contribution in [1.82, 2.24) is 5.32 Å². The molecule has 20 heavy (non-hydrogen) atoms. The maximum Gasteiger partial charge on any atom is 0.124 e. The molecule has 1 heterocycles. The molecule has 0 amide bonds. The van der Waals surface area contributed by atoms with E-state index in [1.807, 2.05) is 13.2 Å². The Morgan fingerprint density at radius 1 is 1.50 bits per heavy atom. The molecule has 2 rings (SSSR count). The molecule has 112 valence electrons. The fourth-order valence-corrected chi connectivity index (χ4v) is 3.32. The lowest BCUT2D eigenvalue weighted by atomic mass is 9.99. The third-order valence-electron chi connectivity index (χ3n) is 3.62. The van der Waals surface area contributed by atoms with Crippen LogP contribution in [0.3, 0.4) is 0 Å². The molecule has 0 fully saturated rings. The van der Waals surface area contributed by atoms with Gasteiger partial charge in [0.05, 0.1) is 12.2 Å². The number of nitrogens with one attached hydrogen (secondary N) is 1. The van der Waals surface area contributed by atoms with Gasteiger partial charge in [-0.15, -0.1) is 0 Å². The summed E-state index contributed by atoms with van der Waals surface area (Å²) in [7, 11) is 0. The van der Waals surface area contributed by atoms with E-state index in [1.54, 1.807) is 11.8 Å². The summed E-state index contributed by atoms with van der Waals surface area (Å²) in [5.41, 5.74) is 1.77. The van der Waals surface area contributed by atoms with Gasteiger partial charge < -0.3 is 15.2 Å². The van der Waals surface area contributed by atoms with E-state index in [0.29, 0.717) is 6.54 Å². The molecule has 1 aliphatic rings. The largest absolute Gasteiger partial charge is 0.493 e. The average molecular weight is 295 g/mol. The van der Waals surface area contributed by atoms with Crippen LogP contribution in [0.5, 0.6) is 5.75 Å². The zero-order chi connectivity index (χ0) is 14.6. The second kappa shape index (κ2) is 6.83. The standard InChI is InChI=1S/C16H25NO2S/c1-12-6-7-13-14(5-4-8-19-15(13)9-12)17-10-16(2,18)11-20-3/h6-7,9,14,17-18H,4-5,8,10-11H2,1-3H3. The molecule has 1 aliphatic heterocycles. The van der Waals surface area contributed by atoms with Crippen LogP contribution in [0.1, 0.15) is 36.9 Å². The Morgan fingerprint density at radius 2 is 2.30 bits per heavy atom. The van der Waals surface area contributed by atoms with E-state index in [2.05, 4.69) is 30.4 Å². The van der Waals surface area contributed by atoms with Gasteiger partial charge in [-0.3, -0.25) is 0 Å². The molecule has 0 radical (unpaired) electrons. The lowest BCUT2D eigenvalue weighted by molar-refractivity contribution is 0.0810. The Labute approximate surface area is 126 Å². The van der Waals surface area contributed by atoms with Crippen LogP contribution in [0.4, 0.5) is 0 Å². The molecule has 0 aliphatic carbocycles. The summed E-state index contributed by atoms with van der Waals surface area (Å²) in [6.07, 6.45) is 4.10. The Balaban J connectivity index is 2.09. The van der Waals surface area contributed by atoms with Crippen LogP contribution in [-0.4, -0.2) is 35.9 Å². The number of benzene rings is 1. The minimum atomic E-state index is -0.669. The molecule has 2 N–H and O–H groups in total. The molecule has 2 unspecified atom stereocenters. The van der Waals surface area contributed by atoms with Crippen molar-refractivity contribution in [2.24, 2.45) is 0 Å². The minimum Gasteiger partial charge on any atom is -0.493 e. The first kappa shape index (κ1) is 15.7. The van der Waals surface area contributed by atoms with Crippen LogP contribution in [0, 0.1) is 6.92 Å². The maximum atomic E-state index is 10.3. The molecular formula is C16H25NO2S. The number of thioether (sulfide) groups is 1. The van der Waals surface area contributed by atoms with E-state index in [1.165, 1.54) is 11.1 Å². The van der Waals surface area contributed by atoms with Crippen molar-refractivity contribution < 1.29 is 9.84 Å². The Morgan fingerprint density at radius 3 is 3.05 bits per heavy atom. The van der Waals surface area contributed by atoms with Crippen LogP contribution >= 0.6 is 11.8 Å². The molecule has 2 atom stereocenters. The van der Waals surface area contributed by atoms with Crippen LogP contribution < -0.4 is 10.1 Å². The fourth-order valence-electron chi connectivity index (χ4n) is 2.60. The quantitative estimate of drug-likeness (QED) is 0.876. The van der Waals surface area contributed by atoms with Gasteiger partial charge >= 0.3 is 0 Å². The van der Waals surface area contributed by atoms with Crippen LogP contribution in [0.2, 0.25) is 0 Å². The Kier molecular flexibility index (Phi) is 5.35. The van der Waals surface area contributed by atoms with Crippen molar-refractivity contribution in [2.45, 2.75) is 38.3 Å². The summed E-state index contributed by atoms with van der Waals surface area (Å²) in [5.74, 6) is 1.73. The highest BCUT2D eigenvalue weighted by atomic mass is 32.2. The number of hydrogen-bond donors (Lipinski definition) is 2. The van der Waals surface area contributed by atoms with Gasteiger partial charge in [0.1, 0.15) is 5.75 Å². The molecule has 0 aromatic heterocycles. The van der Waals surface area contributed by atoms with E-state index >= 15 is 0 Å². The molecule has 3 nitrogen and oxygen atoms in total. The van der Waals surface area contributed by atoms with E-state index in [0.717, 1.165) is 31.0 Å². The lowest BCUT2D eigenvalue weighted by Gasteiger charge is -2.27. The van der Waals surface area contributed by atoms with Crippen molar-refractivity contribution in [3.05, 3.63) is 29.3 Å². The molecular weight excluding hydrogens is 270 g/mol. The smallest absolute Gasteiger partial charge is 0.124 e. The normalized spacial score (nSPS) is 21.5. The van der Waals surface area contributed by atoms with Crippen molar-refractivity contribution in [3.8, 4) is 5.75 Å². The molecule has 0 saturated carbocycles. The predicted molar refractivity (Wildman–Crippen MR) is 85.7 cm³/mol. The Bertz CT molecular complexity index is 448. The summed E-state index contributed by atoms with van der Waals surface area (Å²) in [5, 5.41) is 13.8. The lowest BCUT2D eigenvalue weighted by Crippen LogP contribution is -2.41. The Hall–Kier alpha value is -0.710. The second-order valence-corrected chi connectivity index (χ2v) is 6.76. The summed E-state index contributed by atoms with van der Waals surface area (Å²) in [6.45, 7) is 5.35. The van der Waals surface area contributed by atoms with Crippen LogP contribution in [0.25, 0.3) is 0 Å². The van der Waals surface area contributed by atoms with Gasteiger partial charge in [0.25, 0.3) is 0 Å². The van der Waals surface area contributed by atoms with Crippen LogP contribution in [0.15, 0.2) is 18.2 Å². The maximum absolute atomic E-state index is 10.3. The van der Waals surface area contributed by atoms with Gasteiger partial charge in [-0.1, -0.05) is 12.1 Å². The second-order valence-electron chi connectivity index (χ2n) is 5.90. The first-order valence-electron chi connectivity index (χ1n) is 7.20. The molecule has 4 heteroatoms. The van der Waals surface area contributed by atoms with Crippen LogP contribution in [-0.2, 0) is 0 Å². The number of fused-ring (bicyclic) bond motifs is 1. The van der Waals surface area contributed by atoms with E-state index < -0.39 is 5.60 Å². The van der Waals surface area contributed by atoms with Gasteiger partial charge in [0, 0.05) is 23.9 Å². The number of hydrogen-bond acceptors (Lipinski definition) is 4. The summed E-state index contributed by atoms with van der Waals surface area (Å²) in [6, 6.07) is 6.65. The van der Waals surface area contributed by atoms with Gasteiger partial charge in [-0.25, -0.2) is 0 Å². The molecule has 0 saturated heterocycles.